The summed E-state index contributed by atoms with van der Waals surface area (Å²) in [4.78, 5) is 0. The Kier molecular flexibility index (Phi) is 7.20. The highest BCUT2D eigenvalue weighted by atomic mass is 15.3. The zero-order valence-corrected chi connectivity index (χ0v) is 10.4. The van der Waals surface area contributed by atoms with E-state index < -0.39 is 0 Å². The number of hydrogen-bond acceptors (Lipinski definition) is 2. The highest BCUT2D eigenvalue weighted by Crippen LogP contribution is 2.22. The van der Waals surface area contributed by atoms with Crippen molar-refractivity contribution in [2.45, 2.75) is 71.8 Å². The van der Waals surface area contributed by atoms with Gasteiger partial charge in [0.05, 0.1) is 0 Å². The van der Waals surface area contributed by atoms with E-state index in [0.29, 0.717) is 0 Å². The van der Waals surface area contributed by atoms with Crippen LogP contribution in [0.15, 0.2) is 0 Å². The lowest BCUT2D eigenvalue weighted by atomic mass is 9.88. The van der Waals surface area contributed by atoms with Gasteiger partial charge in [0.2, 0.25) is 0 Å². The van der Waals surface area contributed by atoms with Crippen molar-refractivity contribution in [2.75, 3.05) is 0 Å². The highest BCUT2D eigenvalue weighted by Gasteiger charge is 2.17. The molecule has 0 aliphatic heterocycles. The van der Waals surface area contributed by atoms with E-state index in [1.807, 2.05) is 0 Å². The fourth-order valence-electron chi connectivity index (χ4n) is 1.68. The molecule has 2 heteroatoms. The molecule has 0 saturated carbocycles. The van der Waals surface area contributed by atoms with Crippen LogP contribution in [-0.4, -0.2) is 5.54 Å². The monoisotopic (exact) mass is 200 g/mol. The van der Waals surface area contributed by atoms with Crippen LogP contribution in [0.1, 0.15) is 66.2 Å². The quantitative estimate of drug-likeness (QED) is 0.466. The molecule has 0 aromatic heterocycles. The second-order valence-corrected chi connectivity index (χ2v) is 4.98. The molecule has 0 heterocycles. The lowest BCUT2D eigenvalue weighted by Crippen LogP contribution is -2.44. The molecular formula is C12H28N2. The molecule has 0 aliphatic carbocycles. The van der Waals surface area contributed by atoms with E-state index in [-0.39, 0.29) is 5.54 Å². The molecule has 86 valence electrons. The highest BCUT2D eigenvalue weighted by molar-refractivity contribution is 4.75. The third kappa shape index (κ3) is 6.39. The third-order valence-corrected chi connectivity index (χ3v) is 3.11. The van der Waals surface area contributed by atoms with Gasteiger partial charge >= 0.3 is 0 Å². The summed E-state index contributed by atoms with van der Waals surface area (Å²) >= 11 is 0. The summed E-state index contributed by atoms with van der Waals surface area (Å²) in [5, 5.41) is 0. The van der Waals surface area contributed by atoms with Crippen LogP contribution in [0.5, 0.6) is 0 Å². The van der Waals surface area contributed by atoms with Crippen LogP contribution in [0.3, 0.4) is 0 Å². The van der Waals surface area contributed by atoms with E-state index in [2.05, 4.69) is 33.1 Å². The molecule has 14 heavy (non-hydrogen) atoms. The van der Waals surface area contributed by atoms with Gasteiger partial charge in [0.15, 0.2) is 0 Å². The van der Waals surface area contributed by atoms with Gasteiger partial charge in [0.1, 0.15) is 0 Å². The van der Waals surface area contributed by atoms with Crippen molar-refractivity contribution in [3.8, 4) is 0 Å². The Balaban J connectivity index is 3.71. The Hall–Kier alpha value is -0.0800. The summed E-state index contributed by atoms with van der Waals surface area (Å²) < 4.78 is 0. The maximum absolute atomic E-state index is 5.48. The van der Waals surface area contributed by atoms with Gasteiger partial charge in [0, 0.05) is 5.54 Å². The van der Waals surface area contributed by atoms with E-state index in [0.717, 1.165) is 5.92 Å². The van der Waals surface area contributed by atoms with Crippen molar-refractivity contribution in [2.24, 2.45) is 11.8 Å². The Bertz CT molecular complexity index is 132. The molecule has 0 saturated heterocycles. The van der Waals surface area contributed by atoms with Crippen LogP contribution in [0, 0.1) is 5.92 Å². The van der Waals surface area contributed by atoms with Gasteiger partial charge in [-0.05, 0) is 32.6 Å². The number of nitrogens with two attached hydrogens (primary N) is 1. The molecular weight excluding hydrogens is 172 g/mol. The minimum atomic E-state index is 0.0969. The minimum absolute atomic E-state index is 0.0969. The maximum Gasteiger partial charge on any atom is 0.0265 e. The molecule has 0 aromatic carbocycles. The largest absolute Gasteiger partial charge is 0.271 e. The first-order chi connectivity index (χ1) is 6.55. The summed E-state index contributed by atoms with van der Waals surface area (Å²) in [6.45, 7) is 8.89. The van der Waals surface area contributed by atoms with Crippen molar-refractivity contribution < 1.29 is 0 Å². The van der Waals surface area contributed by atoms with Crippen LogP contribution >= 0.6 is 0 Å². The molecule has 0 bridgehead atoms. The Morgan fingerprint density at radius 2 is 1.86 bits per heavy atom. The standard InChI is InChI=1S/C12H28N2/c1-5-7-8-11(6-2)9-10-12(3,4)14-13/h11,14H,5-10,13H2,1-4H3. The molecule has 3 N–H and O–H groups in total. The average molecular weight is 200 g/mol. The minimum Gasteiger partial charge on any atom is -0.271 e. The second kappa shape index (κ2) is 7.24. The third-order valence-electron chi connectivity index (χ3n) is 3.11. The second-order valence-electron chi connectivity index (χ2n) is 4.98. The predicted molar refractivity (Wildman–Crippen MR) is 63.9 cm³/mol. The first-order valence-electron chi connectivity index (χ1n) is 6.03. The van der Waals surface area contributed by atoms with E-state index in [1.165, 1.54) is 38.5 Å². The predicted octanol–water partition coefficient (Wildman–Crippen LogP) is 3.22. The van der Waals surface area contributed by atoms with Crippen LogP contribution in [-0.2, 0) is 0 Å². The Labute approximate surface area is 89.6 Å². The van der Waals surface area contributed by atoms with Gasteiger partial charge in [-0.25, -0.2) is 0 Å². The fourth-order valence-corrected chi connectivity index (χ4v) is 1.68. The van der Waals surface area contributed by atoms with Gasteiger partial charge in [-0.3, -0.25) is 11.3 Å². The molecule has 0 fully saturated rings. The first kappa shape index (κ1) is 13.9. The summed E-state index contributed by atoms with van der Waals surface area (Å²) in [6, 6.07) is 0. The summed E-state index contributed by atoms with van der Waals surface area (Å²) in [5.41, 5.74) is 2.97. The zero-order chi connectivity index (χ0) is 11.0. The molecule has 0 rings (SSSR count). The van der Waals surface area contributed by atoms with Gasteiger partial charge in [-0.2, -0.15) is 0 Å². The smallest absolute Gasteiger partial charge is 0.0265 e. The number of nitrogens with one attached hydrogen (secondary N) is 1. The molecule has 0 spiro atoms. The van der Waals surface area contributed by atoms with Crippen molar-refractivity contribution in [3.05, 3.63) is 0 Å². The lowest BCUT2D eigenvalue weighted by Gasteiger charge is -2.26. The van der Waals surface area contributed by atoms with Crippen LogP contribution < -0.4 is 11.3 Å². The first-order valence-corrected chi connectivity index (χ1v) is 6.03. The summed E-state index contributed by atoms with van der Waals surface area (Å²) in [5.74, 6) is 6.38. The molecule has 0 radical (unpaired) electrons. The fraction of sp³-hybridized carbons (Fsp3) is 1.00. The average Bonchev–Trinajstić information content (AvgIpc) is 2.18. The SMILES string of the molecule is CCCCC(CC)CCC(C)(C)NN. The van der Waals surface area contributed by atoms with Crippen LogP contribution in [0.25, 0.3) is 0 Å². The van der Waals surface area contributed by atoms with E-state index in [1.54, 1.807) is 0 Å². The topological polar surface area (TPSA) is 38.0 Å². The van der Waals surface area contributed by atoms with Crippen molar-refractivity contribution in [1.29, 1.82) is 0 Å². The zero-order valence-electron chi connectivity index (χ0n) is 10.4. The van der Waals surface area contributed by atoms with E-state index >= 15 is 0 Å². The number of hydrogen-bond donors (Lipinski definition) is 2. The number of rotatable bonds is 8. The number of unbranched alkanes of at least 4 members (excludes halogenated alkanes) is 1. The summed E-state index contributed by atoms with van der Waals surface area (Å²) in [6.07, 6.45) is 7.84. The molecule has 0 aromatic rings. The van der Waals surface area contributed by atoms with E-state index in [4.69, 9.17) is 5.84 Å². The van der Waals surface area contributed by atoms with Crippen LogP contribution in [0.4, 0.5) is 0 Å². The number of hydrazine groups is 1. The molecule has 1 unspecified atom stereocenters. The van der Waals surface area contributed by atoms with Gasteiger partial charge < -0.3 is 0 Å². The molecule has 2 nitrogen and oxygen atoms in total. The normalized spacial score (nSPS) is 14.4. The van der Waals surface area contributed by atoms with Crippen molar-refractivity contribution in [1.82, 2.24) is 5.43 Å². The Morgan fingerprint density at radius 3 is 2.29 bits per heavy atom. The van der Waals surface area contributed by atoms with Crippen molar-refractivity contribution in [3.63, 3.8) is 0 Å². The van der Waals surface area contributed by atoms with Gasteiger partial charge in [-0.15, -0.1) is 0 Å². The lowest BCUT2D eigenvalue weighted by molar-refractivity contribution is 0.309. The Morgan fingerprint density at radius 1 is 1.21 bits per heavy atom. The molecule has 1 atom stereocenters. The van der Waals surface area contributed by atoms with Crippen molar-refractivity contribution >= 4 is 0 Å². The molecule has 0 amide bonds. The van der Waals surface area contributed by atoms with Crippen LogP contribution in [0.2, 0.25) is 0 Å². The van der Waals surface area contributed by atoms with Gasteiger partial charge in [-0.1, -0.05) is 39.5 Å². The summed E-state index contributed by atoms with van der Waals surface area (Å²) in [7, 11) is 0. The van der Waals surface area contributed by atoms with E-state index in [9.17, 15) is 0 Å². The van der Waals surface area contributed by atoms with Gasteiger partial charge in [0.25, 0.3) is 0 Å². The maximum atomic E-state index is 5.48. The molecule has 0 aliphatic rings.